The highest BCUT2D eigenvalue weighted by atomic mass is 16.6. The first kappa shape index (κ1) is 15.9. The lowest BCUT2D eigenvalue weighted by Gasteiger charge is -2.44. The maximum absolute atomic E-state index is 5.82. The van der Waals surface area contributed by atoms with Crippen molar-refractivity contribution in [3.63, 3.8) is 0 Å². The molecule has 1 fully saturated rings. The van der Waals surface area contributed by atoms with Crippen molar-refractivity contribution in [3.05, 3.63) is 0 Å². The van der Waals surface area contributed by atoms with Crippen LogP contribution in [0.15, 0.2) is 0 Å². The van der Waals surface area contributed by atoms with E-state index in [2.05, 4.69) is 12.2 Å². The van der Waals surface area contributed by atoms with Crippen molar-refractivity contribution in [1.29, 1.82) is 0 Å². The molecular formula is C13H27NO4. The van der Waals surface area contributed by atoms with Crippen LogP contribution in [0.4, 0.5) is 0 Å². The van der Waals surface area contributed by atoms with Crippen LogP contribution in [0.5, 0.6) is 0 Å². The highest BCUT2D eigenvalue weighted by molar-refractivity contribution is 4.97. The third-order valence-electron chi connectivity index (χ3n) is 3.12. The van der Waals surface area contributed by atoms with Crippen molar-refractivity contribution < 1.29 is 18.9 Å². The maximum atomic E-state index is 5.82. The fourth-order valence-electron chi connectivity index (χ4n) is 2.05. The van der Waals surface area contributed by atoms with Gasteiger partial charge in [-0.05, 0) is 19.4 Å². The van der Waals surface area contributed by atoms with Gasteiger partial charge in [-0.15, -0.1) is 0 Å². The van der Waals surface area contributed by atoms with E-state index >= 15 is 0 Å². The molecule has 1 aliphatic carbocycles. The maximum Gasteiger partial charge on any atom is 0.0991 e. The quantitative estimate of drug-likeness (QED) is 0.558. The molecule has 108 valence electrons. The van der Waals surface area contributed by atoms with Crippen molar-refractivity contribution in [2.75, 3.05) is 47.2 Å². The van der Waals surface area contributed by atoms with E-state index in [1.807, 2.05) is 0 Å². The van der Waals surface area contributed by atoms with Crippen LogP contribution in [-0.4, -0.2) is 65.4 Å². The Morgan fingerprint density at radius 2 is 1.67 bits per heavy atom. The molecule has 1 saturated carbocycles. The van der Waals surface area contributed by atoms with Gasteiger partial charge in [0.25, 0.3) is 0 Å². The third kappa shape index (κ3) is 5.20. The molecule has 0 radical (unpaired) electrons. The Morgan fingerprint density at radius 3 is 2.28 bits per heavy atom. The molecule has 5 heteroatoms. The van der Waals surface area contributed by atoms with Gasteiger partial charge < -0.3 is 24.3 Å². The Hall–Kier alpha value is -0.200. The van der Waals surface area contributed by atoms with E-state index in [4.69, 9.17) is 18.9 Å². The van der Waals surface area contributed by atoms with Crippen LogP contribution < -0.4 is 5.32 Å². The minimum atomic E-state index is 0.142. The molecule has 0 aromatic carbocycles. The summed E-state index contributed by atoms with van der Waals surface area (Å²) in [6.45, 7) is 5.70. The Labute approximate surface area is 110 Å². The number of ether oxygens (including phenoxy) is 4. The summed E-state index contributed by atoms with van der Waals surface area (Å²) >= 11 is 0. The molecule has 1 aliphatic rings. The summed E-state index contributed by atoms with van der Waals surface area (Å²) in [4.78, 5) is 0. The number of nitrogens with one attached hydrogen (secondary N) is 1. The molecule has 0 amide bonds. The molecule has 0 heterocycles. The normalized spacial score (nSPS) is 27.2. The van der Waals surface area contributed by atoms with Gasteiger partial charge in [0.05, 0.1) is 38.6 Å². The van der Waals surface area contributed by atoms with E-state index in [-0.39, 0.29) is 12.2 Å². The molecule has 0 spiro atoms. The zero-order chi connectivity index (χ0) is 13.2. The van der Waals surface area contributed by atoms with Gasteiger partial charge in [0.1, 0.15) is 0 Å². The first-order valence-corrected chi connectivity index (χ1v) is 6.78. The van der Waals surface area contributed by atoms with E-state index in [0.29, 0.717) is 32.5 Å². The Morgan fingerprint density at radius 1 is 1.00 bits per heavy atom. The molecule has 5 nitrogen and oxygen atoms in total. The molecule has 1 N–H and O–H groups in total. The molecule has 0 aromatic rings. The molecular weight excluding hydrogens is 234 g/mol. The Balaban J connectivity index is 2.24. The van der Waals surface area contributed by atoms with Crippen LogP contribution in [0.1, 0.15) is 19.8 Å². The van der Waals surface area contributed by atoms with Crippen molar-refractivity contribution >= 4 is 0 Å². The van der Waals surface area contributed by atoms with Gasteiger partial charge in [-0.25, -0.2) is 0 Å². The van der Waals surface area contributed by atoms with Crippen molar-refractivity contribution in [2.24, 2.45) is 0 Å². The summed E-state index contributed by atoms with van der Waals surface area (Å²) in [6.07, 6.45) is 2.48. The van der Waals surface area contributed by atoms with E-state index in [9.17, 15) is 0 Å². The minimum Gasteiger partial charge on any atom is -0.382 e. The van der Waals surface area contributed by atoms with Crippen LogP contribution in [0, 0.1) is 0 Å². The zero-order valence-corrected chi connectivity index (χ0v) is 11.8. The summed E-state index contributed by atoms with van der Waals surface area (Å²) in [5, 5.41) is 3.49. The van der Waals surface area contributed by atoms with Crippen molar-refractivity contribution in [2.45, 2.75) is 38.0 Å². The summed E-state index contributed by atoms with van der Waals surface area (Å²) in [7, 11) is 3.37. The van der Waals surface area contributed by atoms with Gasteiger partial charge in [-0.2, -0.15) is 0 Å². The largest absolute Gasteiger partial charge is 0.382 e. The van der Waals surface area contributed by atoms with Gasteiger partial charge in [0, 0.05) is 20.3 Å². The fraction of sp³-hybridized carbons (Fsp3) is 1.00. The van der Waals surface area contributed by atoms with E-state index in [0.717, 1.165) is 19.4 Å². The Bertz CT molecular complexity index is 203. The third-order valence-corrected chi connectivity index (χ3v) is 3.12. The minimum absolute atomic E-state index is 0.142. The summed E-state index contributed by atoms with van der Waals surface area (Å²) in [6, 6.07) is 0.411. The lowest BCUT2D eigenvalue weighted by Crippen LogP contribution is -2.60. The lowest BCUT2D eigenvalue weighted by molar-refractivity contribution is -0.156. The SMILES string of the molecule is CCCNC1CC(OCCOC)C1OCCOC. The highest BCUT2D eigenvalue weighted by Gasteiger charge is 2.42. The van der Waals surface area contributed by atoms with Gasteiger partial charge in [-0.1, -0.05) is 6.92 Å². The molecule has 0 aliphatic heterocycles. The number of hydrogen-bond acceptors (Lipinski definition) is 5. The lowest BCUT2D eigenvalue weighted by atomic mass is 9.85. The number of rotatable bonds is 11. The molecule has 3 unspecified atom stereocenters. The number of hydrogen-bond donors (Lipinski definition) is 1. The van der Waals surface area contributed by atoms with Crippen molar-refractivity contribution in [3.8, 4) is 0 Å². The molecule has 0 aromatic heterocycles. The Kier molecular flexibility index (Phi) is 8.54. The first-order chi connectivity index (χ1) is 8.83. The predicted molar refractivity (Wildman–Crippen MR) is 69.9 cm³/mol. The van der Waals surface area contributed by atoms with Crippen LogP contribution in [0.3, 0.4) is 0 Å². The summed E-state index contributed by atoms with van der Waals surface area (Å²) in [5.74, 6) is 0. The topological polar surface area (TPSA) is 49.0 Å². The van der Waals surface area contributed by atoms with Gasteiger partial charge in [0.15, 0.2) is 0 Å². The second kappa shape index (κ2) is 9.69. The van der Waals surface area contributed by atoms with Gasteiger partial charge in [0.2, 0.25) is 0 Å². The standard InChI is InChI=1S/C13H27NO4/c1-4-5-14-11-10-12(17-8-6-15-2)13(11)18-9-7-16-3/h11-14H,4-10H2,1-3H3. The smallest absolute Gasteiger partial charge is 0.0991 e. The van der Waals surface area contributed by atoms with Gasteiger partial charge in [-0.3, -0.25) is 0 Å². The zero-order valence-electron chi connectivity index (χ0n) is 11.8. The fourth-order valence-corrected chi connectivity index (χ4v) is 2.05. The first-order valence-electron chi connectivity index (χ1n) is 6.78. The summed E-state index contributed by atoms with van der Waals surface area (Å²) < 4.78 is 21.5. The highest BCUT2D eigenvalue weighted by Crippen LogP contribution is 2.27. The monoisotopic (exact) mass is 261 g/mol. The predicted octanol–water partition coefficient (Wildman–Crippen LogP) is 0.822. The van der Waals surface area contributed by atoms with Gasteiger partial charge >= 0.3 is 0 Å². The average molecular weight is 261 g/mol. The molecule has 0 saturated heterocycles. The molecule has 3 atom stereocenters. The second-order valence-corrected chi connectivity index (χ2v) is 4.53. The summed E-state index contributed by atoms with van der Waals surface area (Å²) in [5.41, 5.74) is 0. The molecule has 1 rings (SSSR count). The van der Waals surface area contributed by atoms with Crippen LogP contribution in [-0.2, 0) is 18.9 Å². The van der Waals surface area contributed by atoms with E-state index < -0.39 is 0 Å². The molecule has 18 heavy (non-hydrogen) atoms. The molecule has 0 bridgehead atoms. The van der Waals surface area contributed by atoms with Crippen LogP contribution in [0.2, 0.25) is 0 Å². The van der Waals surface area contributed by atoms with E-state index in [1.54, 1.807) is 14.2 Å². The van der Waals surface area contributed by atoms with E-state index in [1.165, 1.54) is 0 Å². The second-order valence-electron chi connectivity index (χ2n) is 4.53. The van der Waals surface area contributed by atoms with Crippen LogP contribution >= 0.6 is 0 Å². The number of methoxy groups -OCH3 is 2. The van der Waals surface area contributed by atoms with Crippen LogP contribution in [0.25, 0.3) is 0 Å². The average Bonchev–Trinajstić information content (AvgIpc) is 2.37. The van der Waals surface area contributed by atoms with Crippen molar-refractivity contribution in [1.82, 2.24) is 5.32 Å².